The molecule has 5 atom stereocenters. The van der Waals surface area contributed by atoms with Gasteiger partial charge >= 0.3 is 7.82 Å². The first-order chi connectivity index (χ1) is 7.22. The van der Waals surface area contributed by atoms with Crippen molar-refractivity contribution in [2.75, 3.05) is 6.61 Å². The minimum absolute atomic E-state index is 0.730. The lowest BCUT2D eigenvalue weighted by atomic mass is 10.0. The zero-order valence-electron chi connectivity index (χ0n) is 7.95. The number of phosphoric acid groups is 1. The highest BCUT2D eigenvalue weighted by molar-refractivity contribution is 7.46. The van der Waals surface area contributed by atoms with Crippen LogP contribution in [0.1, 0.15) is 0 Å². The summed E-state index contributed by atoms with van der Waals surface area (Å²) in [5, 5.41) is 36.7. The molecular formula is C6H13O9P. The van der Waals surface area contributed by atoms with Crippen molar-refractivity contribution in [1.29, 1.82) is 0 Å². The van der Waals surface area contributed by atoms with Crippen LogP contribution in [0.3, 0.4) is 0 Å². The van der Waals surface area contributed by atoms with Crippen LogP contribution in [0.15, 0.2) is 0 Å². The van der Waals surface area contributed by atoms with Gasteiger partial charge in [0.2, 0.25) is 0 Å². The lowest BCUT2D eigenvalue weighted by molar-refractivity contribution is -0.285. The Morgan fingerprint density at radius 2 is 1.62 bits per heavy atom. The maximum absolute atomic E-state index is 10.4. The molecule has 10 heteroatoms. The predicted octanol–water partition coefficient (Wildman–Crippen LogP) is -3.10. The Balaban J connectivity index is 2.57. The van der Waals surface area contributed by atoms with E-state index >= 15 is 0 Å². The van der Waals surface area contributed by atoms with Crippen LogP contribution in [0.5, 0.6) is 0 Å². The van der Waals surface area contributed by atoms with E-state index < -0.39 is 45.1 Å². The van der Waals surface area contributed by atoms with Crippen LogP contribution in [-0.2, 0) is 13.8 Å². The molecule has 0 aliphatic carbocycles. The minimum Gasteiger partial charge on any atom is -0.387 e. The highest BCUT2D eigenvalue weighted by atomic mass is 31.2. The molecule has 0 radical (unpaired) electrons. The molecule has 0 spiro atoms. The minimum atomic E-state index is -4.73. The lowest BCUT2D eigenvalue weighted by Crippen LogP contribution is -2.58. The molecule has 0 saturated carbocycles. The highest BCUT2D eigenvalue weighted by Crippen LogP contribution is 2.36. The summed E-state index contributed by atoms with van der Waals surface area (Å²) in [5.74, 6) is 0. The monoisotopic (exact) mass is 261 g/mol. The Bertz CT molecular complexity index is 277. The van der Waals surface area contributed by atoms with Crippen LogP contribution in [0, 0.1) is 0 Å². The van der Waals surface area contributed by atoms with E-state index in [0.717, 1.165) is 0 Å². The Morgan fingerprint density at radius 1 is 1.06 bits per heavy atom. The summed E-state index contributed by atoms with van der Waals surface area (Å²) >= 11 is 0. The van der Waals surface area contributed by atoms with Crippen LogP contribution in [0.4, 0.5) is 0 Å². The summed E-state index contributed by atoms with van der Waals surface area (Å²) in [6.45, 7) is -0.730. The van der Waals surface area contributed by atoms with Crippen LogP contribution >= 0.6 is 7.82 Å². The van der Waals surface area contributed by atoms with E-state index in [-0.39, 0.29) is 0 Å². The number of aliphatic hydroxyl groups is 4. The van der Waals surface area contributed by atoms with Crippen LogP contribution in [0.25, 0.3) is 0 Å². The average molecular weight is 261 g/mol. The van der Waals surface area contributed by atoms with Crippen molar-refractivity contribution in [3.8, 4) is 0 Å². The molecule has 0 amide bonds. The largest absolute Gasteiger partial charge is 0.469 e. The molecule has 1 aliphatic rings. The molecule has 1 rings (SSSR count). The Hall–Kier alpha value is -0.0900. The predicted molar refractivity (Wildman–Crippen MR) is 46.9 cm³/mol. The van der Waals surface area contributed by atoms with Gasteiger partial charge in [0.1, 0.15) is 24.4 Å². The molecule has 96 valence electrons. The molecule has 6 N–H and O–H groups in total. The van der Waals surface area contributed by atoms with E-state index in [1.54, 1.807) is 0 Å². The van der Waals surface area contributed by atoms with Gasteiger partial charge in [-0.2, -0.15) is 0 Å². The molecule has 0 bridgehead atoms. The molecule has 1 heterocycles. The summed E-state index contributed by atoms with van der Waals surface area (Å²) in [6.07, 6.45) is -8.11. The van der Waals surface area contributed by atoms with Gasteiger partial charge in [0.25, 0.3) is 0 Å². The number of phosphoric ester groups is 1. The Labute approximate surface area is 90.1 Å². The maximum atomic E-state index is 10.4. The van der Waals surface area contributed by atoms with Gasteiger partial charge in [0, 0.05) is 0 Å². The number of hydrogen-bond acceptors (Lipinski definition) is 7. The summed E-state index contributed by atoms with van der Waals surface area (Å²) in [4.78, 5) is 16.8. The number of hydrogen-bond donors (Lipinski definition) is 6. The highest BCUT2D eigenvalue weighted by Gasteiger charge is 2.43. The number of rotatable bonds is 3. The van der Waals surface area contributed by atoms with Gasteiger partial charge in [-0.15, -0.1) is 0 Å². The number of ether oxygens (including phenoxy) is 1. The third-order valence-electron chi connectivity index (χ3n) is 2.09. The summed E-state index contributed by atoms with van der Waals surface area (Å²) < 4.78 is 19.0. The van der Waals surface area contributed by atoms with Gasteiger partial charge in [-0.3, -0.25) is 4.52 Å². The molecule has 9 nitrogen and oxygen atoms in total. The molecule has 16 heavy (non-hydrogen) atoms. The quantitative estimate of drug-likeness (QED) is 0.228. The number of aliphatic hydroxyl groups excluding tert-OH is 4. The van der Waals surface area contributed by atoms with Crippen molar-refractivity contribution in [3.63, 3.8) is 0 Å². The van der Waals surface area contributed by atoms with Crippen LogP contribution in [0.2, 0.25) is 0 Å². The van der Waals surface area contributed by atoms with Crippen molar-refractivity contribution >= 4 is 7.82 Å². The normalized spacial score (nSPS) is 41.0. The fraction of sp³-hybridized carbons (Fsp3) is 1.00. The van der Waals surface area contributed by atoms with E-state index in [4.69, 9.17) is 20.0 Å². The van der Waals surface area contributed by atoms with Crippen molar-refractivity contribution in [2.45, 2.75) is 30.7 Å². The van der Waals surface area contributed by atoms with Crippen molar-refractivity contribution in [1.82, 2.24) is 0 Å². The van der Waals surface area contributed by atoms with E-state index in [9.17, 15) is 14.8 Å². The first-order valence-corrected chi connectivity index (χ1v) is 5.83. The van der Waals surface area contributed by atoms with Gasteiger partial charge in [-0.25, -0.2) is 4.57 Å². The second-order valence-corrected chi connectivity index (χ2v) is 4.56. The summed E-state index contributed by atoms with van der Waals surface area (Å²) in [6, 6.07) is 0. The SMILES string of the molecule is O=P(O)(O)O[13CH2][C@H]1O[C@H](O)[C@H](O)[C@@H](O)[C@@H]1O. The first-order valence-electron chi connectivity index (χ1n) is 4.30. The standard InChI is InChI=1S/C6H13O9P/c7-3-2(1-14-16(11,12)13)15-6(10)5(9)4(3)8/h2-10H,1H2,(H2,11,12,13)/t2-,3-,4+,5-,6+/m1/s1/i1+1. The molecule has 0 aromatic heterocycles. The second kappa shape index (κ2) is 5.05. The van der Waals surface area contributed by atoms with Crippen molar-refractivity contribution in [3.05, 3.63) is 0 Å². The smallest absolute Gasteiger partial charge is 0.387 e. The zero-order chi connectivity index (χ0) is 12.5. The first kappa shape index (κ1) is 14.0. The van der Waals surface area contributed by atoms with Gasteiger partial charge < -0.3 is 34.9 Å². The van der Waals surface area contributed by atoms with E-state index in [2.05, 4.69) is 9.26 Å². The van der Waals surface area contributed by atoms with Crippen LogP contribution < -0.4 is 0 Å². The van der Waals surface area contributed by atoms with Crippen molar-refractivity contribution < 1.29 is 44.0 Å². The molecule has 1 fully saturated rings. The fourth-order valence-corrected chi connectivity index (χ4v) is 1.58. The zero-order valence-corrected chi connectivity index (χ0v) is 8.84. The molecule has 1 aliphatic heterocycles. The fourth-order valence-electron chi connectivity index (χ4n) is 1.24. The topological polar surface area (TPSA) is 157 Å². The van der Waals surface area contributed by atoms with Gasteiger partial charge in [-0.1, -0.05) is 0 Å². The summed E-state index contributed by atoms with van der Waals surface area (Å²) in [7, 11) is -4.73. The Kier molecular flexibility index (Phi) is 4.41. The molecule has 0 aromatic carbocycles. The molecular weight excluding hydrogens is 248 g/mol. The Morgan fingerprint density at radius 3 is 2.12 bits per heavy atom. The van der Waals surface area contributed by atoms with Gasteiger partial charge in [0.05, 0.1) is 6.61 Å². The van der Waals surface area contributed by atoms with E-state index in [1.807, 2.05) is 0 Å². The summed E-state index contributed by atoms with van der Waals surface area (Å²) in [5.41, 5.74) is 0. The van der Waals surface area contributed by atoms with Gasteiger partial charge in [0.15, 0.2) is 6.29 Å². The maximum Gasteiger partial charge on any atom is 0.469 e. The molecule has 0 unspecified atom stereocenters. The van der Waals surface area contributed by atoms with E-state index in [0.29, 0.717) is 0 Å². The lowest BCUT2D eigenvalue weighted by Gasteiger charge is -2.38. The van der Waals surface area contributed by atoms with E-state index in [1.165, 1.54) is 0 Å². The molecule has 0 aromatic rings. The third-order valence-corrected chi connectivity index (χ3v) is 2.58. The molecule has 1 saturated heterocycles. The second-order valence-electron chi connectivity index (χ2n) is 3.32. The van der Waals surface area contributed by atoms with Crippen molar-refractivity contribution in [2.24, 2.45) is 0 Å². The van der Waals surface area contributed by atoms with Crippen LogP contribution in [-0.4, -0.2) is 67.5 Å². The third kappa shape index (κ3) is 3.45. The van der Waals surface area contributed by atoms with Gasteiger partial charge in [-0.05, 0) is 0 Å². The average Bonchev–Trinajstić information content (AvgIpc) is 2.17.